The van der Waals surface area contributed by atoms with Crippen LogP contribution in [0.15, 0.2) is 39.8 Å². The maximum Gasteiger partial charge on any atom is 0.191 e. The summed E-state index contributed by atoms with van der Waals surface area (Å²) in [5, 5.41) is 10.8. The smallest absolute Gasteiger partial charge is 0.191 e. The van der Waals surface area contributed by atoms with Crippen LogP contribution in [0.1, 0.15) is 55.2 Å². The Morgan fingerprint density at radius 2 is 1.85 bits per heavy atom. The first kappa shape index (κ1) is 23.4. The van der Waals surface area contributed by atoms with Crippen molar-refractivity contribution >= 4 is 29.9 Å². The van der Waals surface area contributed by atoms with Crippen LogP contribution >= 0.6 is 24.0 Å². The van der Waals surface area contributed by atoms with E-state index < -0.39 is 0 Å². The molecule has 0 fully saturated rings. The summed E-state index contributed by atoms with van der Waals surface area (Å²) in [5.41, 5.74) is 3.37. The van der Waals surface area contributed by atoms with Crippen LogP contribution in [0.3, 0.4) is 0 Å². The lowest BCUT2D eigenvalue weighted by Crippen LogP contribution is -2.36. The van der Waals surface area contributed by atoms with Gasteiger partial charge in [-0.1, -0.05) is 43.3 Å². The molecule has 0 atom stereocenters. The predicted molar refractivity (Wildman–Crippen MR) is 119 cm³/mol. The summed E-state index contributed by atoms with van der Waals surface area (Å²) < 4.78 is 10.6. The highest BCUT2D eigenvalue weighted by Gasteiger charge is 2.13. The Hall–Kier alpha value is -1.61. The molecule has 2 rings (SSSR count). The summed E-state index contributed by atoms with van der Waals surface area (Å²) in [4.78, 5) is 4.26. The fourth-order valence-corrected chi connectivity index (χ4v) is 2.88. The standard InChI is InChI=1S/C20H30N4O2.HI/c1-5-17(6-2)19-11-18(26-24-19)13-23-20(21-3)22-12-15-8-7-9-16(10-15)14-25-4;/h7-11,17H,5-6,12-14H2,1-4H3,(H2,21,22,23);1H. The van der Waals surface area contributed by atoms with Gasteiger partial charge in [0, 0.05) is 32.7 Å². The average Bonchev–Trinajstić information content (AvgIpc) is 3.12. The lowest BCUT2D eigenvalue weighted by atomic mass is 9.99. The van der Waals surface area contributed by atoms with Crippen molar-refractivity contribution in [2.75, 3.05) is 14.2 Å². The molecule has 0 aliphatic carbocycles. The Labute approximate surface area is 179 Å². The second kappa shape index (κ2) is 12.7. The maximum absolute atomic E-state index is 5.44. The number of nitrogens with zero attached hydrogens (tertiary/aromatic N) is 2. The summed E-state index contributed by atoms with van der Waals surface area (Å²) in [5.74, 6) is 2.00. The minimum atomic E-state index is 0. The first-order chi connectivity index (χ1) is 12.7. The van der Waals surface area contributed by atoms with E-state index >= 15 is 0 Å². The van der Waals surface area contributed by atoms with Gasteiger partial charge in [-0.2, -0.15) is 0 Å². The van der Waals surface area contributed by atoms with Crippen LogP contribution in [0.5, 0.6) is 0 Å². The normalized spacial score (nSPS) is 11.4. The molecule has 2 N–H and O–H groups in total. The van der Waals surface area contributed by atoms with E-state index in [0.29, 0.717) is 25.6 Å². The molecule has 2 aromatic rings. The lowest BCUT2D eigenvalue weighted by Gasteiger charge is -2.11. The molecule has 1 heterocycles. The summed E-state index contributed by atoms with van der Waals surface area (Å²) in [6.45, 7) is 6.21. The molecular weight excluding hydrogens is 455 g/mol. The van der Waals surface area contributed by atoms with Gasteiger partial charge in [-0.15, -0.1) is 24.0 Å². The van der Waals surface area contributed by atoms with E-state index in [1.165, 1.54) is 5.56 Å². The van der Waals surface area contributed by atoms with Crippen molar-refractivity contribution in [2.45, 2.75) is 52.3 Å². The average molecular weight is 486 g/mol. The highest BCUT2D eigenvalue weighted by atomic mass is 127. The third-order valence-electron chi connectivity index (χ3n) is 4.40. The fraction of sp³-hybridized carbons (Fsp3) is 0.500. The van der Waals surface area contributed by atoms with Crippen molar-refractivity contribution < 1.29 is 9.26 Å². The number of aromatic nitrogens is 1. The van der Waals surface area contributed by atoms with Gasteiger partial charge in [0.05, 0.1) is 18.8 Å². The minimum Gasteiger partial charge on any atom is -0.380 e. The van der Waals surface area contributed by atoms with Crippen molar-refractivity contribution in [1.29, 1.82) is 0 Å². The van der Waals surface area contributed by atoms with Gasteiger partial charge in [-0.3, -0.25) is 4.99 Å². The second-order valence-corrected chi connectivity index (χ2v) is 6.26. The third kappa shape index (κ3) is 7.50. The Morgan fingerprint density at radius 1 is 1.15 bits per heavy atom. The van der Waals surface area contributed by atoms with Crippen molar-refractivity contribution in [3.05, 3.63) is 52.9 Å². The van der Waals surface area contributed by atoms with Gasteiger partial charge in [0.1, 0.15) is 0 Å². The predicted octanol–water partition coefficient (Wildman–Crippen LogP) is 4.21. The number of halogens is 1. The van der Waals surface area contributed by atoms with Crippen LogP contribution in [-0.4, -0.2) is 25.3 Å². The Bertz CT molecular complexity index is 699. The van der Waals surface area contributed by atoms with E-state index in [1.807, 2.05) is 12.1 Å². The molecule has 0 amide bonds. The van der Waals surface area contributed by atoms with E-state index in [-0.39, 0.29) is 24.0 Å². The minimum absolute atomic E-state index is 0. The Balaban J connectivity index is 0.00000364. The number of aliphatic imine (C=N–C) groups is 1. The zero-order valence-corrected chi connectivity index (χ0v) is 18.9. The van der Waals surface area contributed by atoms with Crippen LogP contribution in [0.2, 0.25) is 0 Å². The van der Waals surface area contributed by atoms with E-state index in [2.05, 4.69) is 52.8 Å². The molecule has 7 heteroatoms. The van der Waals surface area contributed by atoms with E-state index in [1.54, 1.807) is 14.2 Å². The molecule has 0 radical (unpaired) electrons. The number of methoxy groups -OCH3 is 1. The monoisotopic (exact) mass is 486 g/mol. The maximum atomic E-state index is 5.44. The number of nitrogens with one attached hydrogen (secondary N) is 2. The van der Waals surface area contributed by atoms with Crippen LogP contribution in [0, 0.1) is 0 Å². The number of guanidine groups is 1. The number of hydrogen-bond acceptors (Lipinski definition) is 4. The van der Waals surface area contributed by atoms with Gasteiger partial charge in [-0.05, 0) is 24.0 Å². The van der Waals surface area contributed by atoms with Gasteiger partial charge in [-0.25, -0.2) is 0 Å². The van der Waals surface area contributed by atoms with Crippen LogP contribution in [0.4, 0.5) is 0 Å². The number of ether oxygens (including phenoxy) is 1. The molecule has 0 saturated heterocycles. The summed E-state index contributed by atoms with van der Waals surface area (Å²) in [6, 6.07) is 10.3. The Kier molecular flexibility index (Phi) is 11.0. The van der Waals surface area contributed by atoms with Crippen LogP contribution < -0.4 is 10.6 Å². The molecule has 0 aliphatic heterocycles. The summed E-state index contributed by atoms with van der Waals surface area (Å²) >= 11 is 0. The SMILES string of the molecule is CCC(CC)c1cc(CNC(=NC)NCc2cccc(COC)c2)on1.I. The molecule has 150 valence electrons. The van der Waals surface area contributed by atoms with Crippen LogP contribution in [0.25, 0.3) is 0 Å². The molecule has 0 spiro atoms. The number of hydrogen-bond donors (Lipinski definition) is 2. The quantitative estimate of drug-likeness (QED) is 0.316. The molecule has 1 aromatic heterocycles. The highest BCUT2D eigenvalue weighted by Crippen LogP contribution is 2.22. The molecule has 1 aromatic carbocycles. The van der Waals surface area contributed by atoms with E-state index in [9.17, 15) is 0 Å². The molecule has 0 aliphatic rings. The van der Waals surface area contributed by atoms with Crippen molar-refractivity contribution in [3.8, 4) is 0 Å². The summed E-state index contributed by atoms with van der Waals surface area (Å²) in [7, 11) is 3.46. The van der Waals surface area contributed by atoms with Gasteiger partial charge in [0.2, 0.25) is 0 Å². The molecule has 0 saturated carbocycles. The van der Waals surface area contributed by atoms with E-state index in [0.717, 1.165) is 35.8 Å². The third-order valence-corrected chi connectivity index (χ3v) is 4.40. The number of rotatable bonds is 9. The molecule has 27 heavy (non-hydrogen) atoms. The van der Waals surface area contributed by atoms with E-state index in [4.69, 9.17) is 9.26 Å². The molecule has 6 nitrogen and oxygen atoms in total. The van der Waals surface area contributed by atoms with Gasteiger partial charge < -0.3 is 19.9 Å². The van der Waals surface area contributed by atoms with Gasteiger partial charge in [0.15, 0.2) is 11.7 Å². The zero-order chi connectivity index (χ0) is 18.8. The Morgan fingerprint density at radius 3 is 2.52 bits per heavy atom. The zero-order valence-electron chi connectivity index (χ0n) is 16.6. The lowest BCUT2D eigenvalue weighted by molar-refractivity contribution is 0.185. The first-order valence-corrected chi connectivity index (χ1v) is 9.16. The van der Waals surface area contributed by atoms with Crippen LogP contribution in [-0.2, 0) is 24.4 Å². The first-order valence-electron chi connectivity index (χ1n) is 9.16. The molecule has 0 unspecified atom stereocenters. The second-order valence-electron chi connectivity index (χ2n) is 6.26. The largest absolute Gasteiger partial charge is 0.380 e. The molecular formula is C20H31IN4O2. The summed E-state index contributed by atoms with van der Waals surface area (Å²) in [6.07, 6.45) is 2.14. The van der Waals surface area contributed by atoms with Gasteiger partial charge >= 0.3 is 0 Å². The topological polar surface area (TPSA) is 71.7 Å². The van der Waals surface area contributed by atoms with Crippen molar-refractivity contribution in [3.63, 3.8) is 0 Å². The van der Waals surface area contributed by atoms with Gasteiger partial charge in [0.25, 0.3) is 0 Å². The highest BCUT2D eigenvalue weighted by molar-refractivity contribution is 14.0. The molecule has 0 bridgehead atoms. The van der Waals surface area contributed by atoms with Crippen molar-refractivity contribution in [1.82, 2.24) is 15.8 Å². The number of benzene rings is 1. The van der Waals surface area contributed by atoms with Crippen molar-refractivity contribution in [2.24, 2.45) is 4.99 Å². The fourth-order valence-electron chi connectivity index (χ4n) is 2.88.